The van der Waals surface area contributed by atoms with Gasteiger partial charge in [-0.3, -0.25) is 35.2 Å². The minimum atomic E-state index is -2.21. The Morgan fingerprint density at radius 3 is 1.34 bits per heavy atom. The van der Waals surface area contributed by atoms with Crippen molar-refractivity contribution in [1.82, 2.24) is 29.9 Å². The molecule has 0 amide bonds. The zero-order valence-corrected chi connectivity index (χ0v) is 48.3. The molecule has 0 spiro atoms. The number of rotatable bonds is 14. The zero-order chi connectivity index (χ0) is 50.4. The Labute approximate surface area is 450 Å². The molecule has 6 aromatic heterocycles. The van der Waals surface area contributed by atoms with Gasteiger partial charge in [-0.1, -0.05) is 98.9 Å². The molecule has 0 aliphatic heterocycles. The summed E-state index contributed by atoms with van der Waals surface area (Å²) in [5, 5.41) is 27.9. The van der Waals surface area contributed by atoms with Crippen LogP contribution in [-0.2, 0) is 0 Å². The molecule has 0 saturated heterocycles. The van der Waals surface area contributed by atoms with E-state index in [1.54, 1.807) is 46.6 Å². The first-order chi connectivity index (χ1) is 31.9. The SMILES string of the molecule is C.CC(I)(I)I.CCC[CH2][Sn]([CH2]CCC)([CH2]CCC)[c]1ccccn1.CO.Nc1ccnc(-c2ccccn2)c1N.Nc1ccnc(-c2ccccn2)c1[N+](=O)[O-].Nc1ccnc(Cl)c1[N+](=O)[O-]. The number of pyridine rings is 6. The van der Waals surface area contributed by atoms with Crippen LogP contribution < -0.4 is 26.6 Å². The number of nitrogens with two attached hydrogens (primary N) is 4. The number of aliphatic hydroxyl groups is 1. The molecule has 0 atom stereocenters. The Hall–Kier alpha value is -3.86. The van der Waals surface area contributed by atoms with Crippen LogP contribution in [0.1, 0.15) is 73.6 Å². The van der Waals surface area contributed by atoms with Gasteiger partial charge < -0.3 is 28.0 Å². The largest absolute Gasteiger partial charge is 0.400 e. The minimum absolute atomic E-state index is 0. The van der Waals surface area contributed by atoms with Crippen LogP contribution in [0, 0.1) is 20.2 Å². The first-order valence-corrected chi connectivity index (χ1v) is 32.2. The van der Waals surface area contributed by atoms with Crippen LogP contribution in [-0.4, -0.2) is 69.8 Å². The molecule has 370 valence electrons. The molecule has 6 rings (SSSR count). The van der Waals surface area contributed by atoms with Gasteiger partial charge in [-0.05, 0) is 49.4 Å². The van der Waals surface area contributed by atoms with E-state index in [4.69, 9.17) is 44.6 Å². The molecule has 68 heavy (non-hydrogen) atoms. The third-order valence-corrected chi connectivity index (χ3v) is 24.7. The van der Waals surface area contributed by atoms with Crippen molar-refractivity contribution in [2.24, 2.45) is 0 Å². The first-order valence-electron chi connectivity index (χ1n) is 21.1. The number of unbranched alkanes of at least 4 members (excludes halogenated alkanes) is 3. The summed E-state index contributed by atoms with van der Waals surface area (Å²) < 4.78 is 6.51. The maximum Gasteiger partial charge on any atom is 0.329 e. The Morgan fingerprint density at radius 1 is 0.588 bits per heavy atom. The average molecular weight is 1400 g/mol. The fourth-order valence-corrected chi connectivity index (χ4v) is 21.8. The molecule has 0 aliphatic carbocycles. The number of hydrogen-bond donors (Lipinski definition) is 5. The molecular formula is C46H64ClI3N12O5Sn. The van der Waals surface area contributed by atoms with Crippen LogP contribution in [0.2, 0.25) is 18.5 Å². The molecule has 6 heterocycles. The number of alkyl halides is 3. The van der Waals surface area contributed by atoms with Gasteiger partial charge in [-0.15, -0.1) is 0 Å². The van der Waals surface area contributed by atoms with Crippen LogP contribution in [0.15, 0.2) is 110 Å². The zero-order valence-electron chi connectivity index (χ0n) is 38.2. The van der Waals surface area contributed by atoms with E-state index in [2.05, 4.69) is 139 Å². The standard InChI is InChI=1S/C10H8N4O2.C10H10N4.C5H4ClN3O2.C5H4N.3C4H9.C2H3I3.CH4O.CH4.Sn/c11-7-4-6-13-9(10(7)14(15)16)8-3-1-2-5-12-8;11-7-4-6-14-10(9(7)12)8-3-1-2-5-13-8;6-5-4(9(10)11)3(7)1-2-8-5;1-2-4-6-5-3-1;3*1-3-4-2;1-2(3,4)5;1-2;;/h1-6H,(H2,11,13);1-6H,12H2,(H2,11,14);1-2H,(H2,7,8);1-4H;3*1,3-4H2,2H3;1H3;2H,1H3;1H4;. The van der Waals surface area contributed by atoms with E-state index in [1.165, 1.54) is 76.4 Å². The smallest absolute Gasteiger partial charge is 0.329 e. The number of aromatic nitrogens is 6. The van der Waals surface area contributed by atoms with Gasteiger partial charge in [0.05, 0.1) is 32.6 Å². The Bertz CT molecular complexity index is 2300. The van der Waals surface area contributed by atoms with Gasteiger partial charge >= 0.3 is 135 Å². The molecule has 0 aliphatic rings. The maximum absolute atomic E-state index is 10.9. The summed E-state index contributed by atoms with van der Waals surface area (Å²) in [6, 6.07) is 21.7. The van der Waals surface area contributed by atoms with E-state index in [0.29, 0.717) is 22.2 Å². The second-order valence-corrected chi connectivity index (χ2v) is 40.4. The normalized spacial score (nSPS) is 10.2. The van der Waals surface area contributed by atoms with E-state index in [0.717, 1.165) is 12.8 Å². The Morgan fingerprint density at radius 2 is 0.971 bits per heavy atom. The van der Waals surface area contributed by atoms with Crippen molar-refractivity contribution in [3.05, 3.63) is 135 Å². The molecule has 6 aromatic rings. The van der Waals surface area contributed by atoms with E-state index < -0.39 is 28.2 Å². The third kappa shape index (κ3) is 23.6. The van der Waals surface area contributed by atoms with Crippen molar-refractivity contribution in [1.29, 1.82) is 0 Å². The number of anilines is 4. The minimum Gasteiger partial charge on any atom is -0.400 e. The van der Waals surface area contributed by atoms with E-state index in [1.807, 2.05) is 24.4 Å². The van der Waals surface area contributed by atoms with Gasteiger partial charge in [0.1, 0.15) is 16.5 Å². The van der Waals surface area contributed by atoms with E-state index >= 15 is 0 Å². The summed E-state index contributed by atoms with van der Waals surface area (Å²) in [5.74, 6) is 0. The molecular weight excluding hydrogens is 1340 g/mol. The Balaban J connectivity index is 0.000000847. The third-order valence-electron chi connectivity index (χ3n) is 9.31. The first kappa shape index (κ1) is 64.1. The molecule has 17 nitrogen and oxygen atoms in total. The summed E-state index contributed by atoms with van der Waals surface area (Å²) in [7, 11) is 1.00. The van der Waals surface area contributed by atoms with Crippen molar-refractivity contribution in [2.75, 3.05) is 30.0 Å². The van der Waals surface area contributed by atoms with Crippen molar-refractivity contribution >= 4 is 136 Å². The molecule has 0 fully saturated rings. The van der Waals surface area contributed by atoms with Crippen LogP contribution in [0.4, 0.5) is 34.1 Å². The van der Waals surface area contributed by atoms with Crippen molar-refractivity contribution in [3.63, 3.8) is 0 Å². The van der Waals surface area contributed by atoms with Crippen molar-refractivity contribution < 1.29 is 15.0 Å². The molecule has 0 bridgehead atoms. The average Bonchev–Trinajstić information content (AvgIpc) is 3.31. The van der Waals surface area contributed by atoms with Crippen molar-refractivity contribution in [2.45, 2.75) is 86.4 Å². The number of hydrogen-bond acceptors (Lipinski definition) is 15. The van der Waals surface area contributed by atoms with Crippen LogP contribution in [0.5, 0.6) is 0 Å². The summed E-state index contributed by atoms with van der Waals surface area (Å²) in [4.78, 5) is 44.5. The van der Waals surface area contributed by atoms with Crippen LogP contribution in [0.3, 0.4) is 0 Å². The van der Waals surface area contributed by atoms with Crippen LogP contribution >= 0.6 is 79.4 Å². The second-order valence-electron chi connectivity index (χ2n) is 14.3. The fraction of sp³-hybridized carbons (Fsp3) is 0.348. The molecule has 0 aromatic carbocycles. The summed E-state index contributed by atoms with van der Waals surface area (Å²) in [5.41, 5.74) is 24.8. The topological polar surface area (TPSA) is 288 Å². The summed E-state index contributed by atoms with van der Waals surface area (Å²) >= 11 is 10.2. The predicted molar refractivity (Wildman–Crippen MR) is 309 cm³/mol. The van der Waals surface area contributed by atoms with Gasteiger partial charge in [-0.25, -0.2) is 9.97 Å². The molecule has 0 unspecified atom stereocenters. The number of aliphatic hydroxyl groups excluding tert-OH is 1. The van der Waals surface area contributed by atoms with Gasteiger partial charge in [-0.2, -0.15) is 0 Å². The number of nitro groups is 2. The van der Waals surface area contributed by atoms with Gasteiger partial charge in [0.25, 0.3) is 0 Å². The molecule has 0 saturated carbocycles. The Kier molecular flexibility index (Phi) is 33.3. The summed E-state index contributed by atoms with van der Waals surface area (Å²) in [6.45, 7) is 9.13. The van der Waals surface area contributed by atoms with Crippen molar-refractivity contribution in [3.8, 4) is 22.8 Å². The number of nitrogen functional groups attached to an aromatic ring is 4. The fourth-order valence-electron chi connectivity index (χ4n) is 6.15. The number of halogens is 4. The van der Waals surface area contributed by atoms with E-state index in [-0.39, 0.29) is 41.0 Å². The van der Waals surface area contributed by atoms with Gasteiger partial charge in [0.15, 0.2) is 5.69 Å². The quantitative estimate of drug-likeness (QED) is 0.0169. The van der Waals surface area contributed by atoms with Crippen LogP contribution in [0.25, 0.3) is 22.8 Å². The predicted octanol–water partition coefficient (Wildman–Crippen LogP) is 12.5. The second kappa shape index (κ2) is 35.3. The maximum atomic E-state index is 10.9. The molecule has 9 N–H and O–H groups in total. The van der Waals surface area contributed by atoms with E-state index in [9.17, 15) is 20.2 Å². The monoisotopic (exact) mass is 1400 g/mol. The number of nitrogens with zero attached hydrogens (tertiary/aromatic N) is 8. The molecule has 0 radical (unpaired) electrons. The molecule has 22 heteroatoms. The summed E-state index contributed by atoms with van der Waals surface area (Å²) in [6.07, 6.45) is 17.9. The van der Waals surface area contributed by atoms with Gasteiger partial charge in [0, 0.05) is 38.1 Å². The van der Waals surface area contributed by atoms with Gasteiger partial charge in [0.2, 0.25) is 5.15 Å².